The molecule has 0 aliphatic carbocycles. The van der Waals surface area contributed by atoms with E-state index >= 15 is 0 Å². The quantitative estimate of drug-likeness (QED) is 0.593. The van der Waals surface area contributed by atoms with E-state index in [-0.39, 0.29) is 0 Å². The molecule has 1 heteroatoms. The molecule has 3 aromatic carbocycles. The molecule has 1 nitrogen and oxygen atoms in total. The van der Waals surface area contributed by atoms with Gasteiger partial charge >= 0.3 is 0 Å². The van der Waals surface area contributed by atoms with Gasteiger partial charge in [-0.25, -0.2) is 0 Å². The average Bonchev–Trinajstić information content (AvgIpc) is 2.38. The molecule has 3 rings (SSSR count). The van der Waals surface area contributed by atoms with Crippen LogP contribution >= 0.6 is 0 Å². The third-order valence-electron chi connectivity index (χ3n) is 3.86. The van der Waals surface area contributed by atoms with Crippen LogP contribution in [0.2, 0.25) is 0 Å². The maximum Gasteiger partial charge on any atom is 0.119 e. The highest BCUT2D eigenvalue weighted by Crippen LogP contribution is 2.34. The van der Waals surface area contributed by atoms with Crippen LogP contribution in [0.25, 0.3) is 21.5 Å². The molecule has 0 aliphatic heterocycles. The van der Waals surface area contributed by atoms with E-state index in [1.807, 2.05) is 6.07 Å². The van der Waals surface area contributed by atoms with Crippen LogP contribution in [0, 0.1) is 6.92 Å². The molecule has 0 fully saturated rings. The third kappa shape index (κ3) is 1.86. The summed E-state index contributed by atoms with van der Waals surface area (Å²) in [6, 6.07) is 14.7. The molecule has 0 bridgehead atoms. The van der Waals surface area contributed by atoms with Gasteiger partial charge in [0.1, 0.15) is 5.75 Å². The lowest BCUT2D eigenvalue weighted by Gasteiger charge is -2.12. The van der Waals surface area contributed by atoms with Gasteiger partial charge in [-0.1, -0.05) is 44.2 Å². The first-order valence-electron chi connectivity index (χ1n) is 6.73. The summed E-state index contributed by atoms with van der Waals surface area (Å²) in [5, 5.41) is 15.0. The topological polar surface area (TPSA) is 20.2 Å². The molecule has 0 saturated heterocycles. The van der Waals surface area contributed by atoms with Crippen molar-refractivity contribution < 1.29 is 5.11 Å². The Balaban J connectivity index is 2.44. The van der Waals surface area contributed by atoms with Crippen molar-refractivity contribution in [1.29, 1.82) is 0 Å². The maximum atomic E-state index is 10.2. The molecule has 0 heterocycles. The van der Waals surface area contributed by atoms with Crippen molar-refractivity contribution in [2.75, 3.05) is 0 Å². The smallest absolute Gasteiger partial charge is 0.119 e. The van der Waals surface area contributed by atoms with Gasteiger partial charge < -0.3 is 5.11 Å². The van der Waals surface area contributed by atoms with Crippen molar-refractivity contribution in [3.05, 3.63) is 53.6 Å². The van der Waals surface area contributed by atoms with E-state index in [4.69, 9.17) is 0 Å². The predicted molar refractivity (Wildman–Crippen MR) is 81.9 cm³/mol. The molecule has 0 aromatic heterocycles. The number of hydrogen-bond donors (Lipinski definition) is 1. The summed E-state index contributed by atoms with van der Waals surface area (Å²) in [5.74, 6) is 0.731. The third-order valence-corrected chi connectivity index (χ3v) is 3.86. The molecule has 3 aromatic rings. The Hall–Kier alpha value is -2.02. The standard InChI is InChI=1S/C18H18O/c1-11(2)16-9-13-7-8-14-12(3)5-4-6-15(14)17(13)10-18(16)19/h4-11,19H,1-3H3. The molecule has 0 atom stereocenters. The fourth-order valence-corrected chi connectivity index (χ4v) is 2.77. The van der Waals surface area contributed by atoms with Gasteiger partial charge in [0.05, 0.1) is 0 Å². The first kappa shape index (κ1) is 12.0. The molecule has 0 radical (unpaired) electrons. The van der Waals surface area contributed by atoms with Gasteiger partial charge in [-0.15, -0.1) is 0 Å². The molecule has 96 valence electrons. The number of benzene rings is 3. The van der Waals surface area contributed by atoms with Gasteiger partial charge in [0.2, 0.25) is 0 Å². The summed E-state index contributed by atoms with van der Waals surface area (Å²) in [6.45, 7) is 6.33. The highest BCUT2D eigenvalue weighted by Gasteiger charge is 2.10. The van der Waals surface area contributed by atoms with Crippen molar-refractivity contribution >= 4 is 21.5 Å². The van der Waals surface area contributed by atoms with Gasteiger partial charge in [-0.2, -0.15) is 0 Å². The Morgan fingerprint density at radius 1 is 0.895 bits per heavy atom. The molecular weight excluding hydrogens is 232 g/mol. The van der Waals surface area contributed by atoms with Crippen molar-refractivity contribution in [2.45, 2.75) is 26.7 Å². The minimum absolute atomic E-state index is 0.331. The molecule has 19 heavy (non-hydrogen) atoms. The van der Waals surface area contributed by atoms with E-state index in [1.165, 1.54) is 21.7 Å². The van der Waals surface area contributed by atoms with Crippen LogP contribution in [0.3, 0.4) is 0 Å². The number of fused-ring (bicyclic) bond motifs is 3. The number of phenolic OH excluding ortho intramolecular Hbond substituents is 1. The van der Waals surface area contributed by atoms with Crippen LogP contribution in [0.15, 0.2) is 42.5 Å². The summed E-state index contributed by atoms with van der Waals surface area (Å²) in [4.78, 5) is 0. The normalized spacial score (nSPS) is 11.6. The van der Waals surface area contributed by atoms with Gasteiger partial charge in [-0.3, -0.25) is 0 Å². The number of aryl methyl sites for hydroxylation is 1. The largest absolute Gasteiger partial charge is 0.508 e. The fourth-order valence-electron chi connectivity index (χ4n) is 2.77. The lowest BCUT2D eigenvalue weighted by molar-refractivity contribution is 0.466. The average molecular weight is 250 g/mol. The summed E-state index contributed by atoms with van der Waals surface area (Å²) >= 11 is 0. The Kier molecular flexibility index (Phi) is 2.70. The van der Waals surface area contributed by atoms with Crippen LogP contribution in [0.4, 0.5) is 0 Å². The van der Waals surface area contributed by atoms with Crippen molar-refractivity contribution in [1.82, 2.24) is 0 Å². The van der Waals surface area contributed by atoms with E-state index in [0.717, 1.165) is 10.9 Å². The van der Waals surface area contributed by atoms with Crippen molar-refractivity contribution in [2.24, 2.45) is 0 Å². The lowest BCUT2D eigenvalue weighted by atomic mass is 9.94. The fraction of sp³-hybridized carbons (Fsp3) is 0.222. The van der Waals surface area contributed by atoms with Crippen LogP contribution in [-0.4, -0.2) is 5.11 Å². The molecule has 0 unspecified atom stereocenters. The summed E-state index contributed by atoms with van der Waals surface area (Å²) in [5.41, 5.74) is 2.28. The lowest BCUT2D eigenvalue weighted by Crippen LogP contribution is -1.89. The Labute approximate surface area is 113 Å². The Morgan fingerprint density at radius 2 is 1.68 bits per heavy atom. The van der Waals surface area contributed by atoms with Gasteiger partial charge in [0, 0.05) is 0 Å². The summed E-state index contributed by atoms with van der Waals surface area (Å²) < 4.78 is 0. The number of aromatic hydroxyl groups is 1. The molecule has 0 aliphatic rings. The van der Waals surface area contributed by atoms with Crippen LogP contribution in [-0.2, 0) is 0 Å². The number of phenols is 1. The molecular formula is C18H18O. The second-order valence-electron chi connectivity index (χ2n) is 5.52. The number of rotatable bonds is 1. The number of hydrogen-bond acceptors (Lipinski definition) is 1. The van der Waals surface area contributed by atoms with Crippen LogP contribution in [0.1, 0.15) is 30.9 Å². The van der Waals surface area contributed by atoms with E-state index in [1.54, 1.807) is 0 Å². The SMILES string of the molecule is Cc1cccc2c1ccc1cc(C(C)C)c(O)cc12. The minimum atomic E-state index is 0.331. The zero-order chi connectivity index (χ0) is 13.6. The van der Waals surface area contributed by atoms with Gasteiger partial charge in [0.25, 0.3) is 0 Å². The highest BCUT2D eigenvalue weighted by molar-refractivity contribution is 6.09. The molecule has 1 N–H and O–H groups in total. The molecule has 0 saturated carbocycles. The monoisotopic (exact) mass is 250 g/mol. The van der Waals surface area contributed by atoms with Crippen LogP contribution in [0.5, 0.6) is 5.75 Å². The zero-order valence-corrected chi connectivity index (χ0v) is 11.6. The van der Waals surface area contributed by atoms with Gasteiger partial charge in [0.15, 0.2) is 0 Å². The van der Waals surface area contributed by atoms with E-state index in [2.05, 4.69) is 57.2 Å². The van der Waals surface area contributed by atoms with E-state index < -0.39 is 0 Å². The Morgan fingerprint density at radius 3 is 2.42 bits per heavy atom. The first-order valence-corrected chi connectivity index (χ1v) is 6.73. The molecule has 0 spiro atoms. The molecule has 0 amide bonds. The second-order valence-corrected chi connectivity index (χ2v) is 5.52. The van der Waals surface area contributed by atoms with E-state index in [0.29, 0.717) is 11.7 Å². The van der Waals surface area contributed by atoms with Crippen molar-refractivity contribution in [3.8, 4) is 5.75 Å². The first-order chi connectivity index (χ1) is 9.08. The van der Waals surface area contributed by atoms with E-state index in [9.17, 15) is 5.11 Å². The van der Waals surface area contributed by atoms with Gasteiger partial charge in [-0.05, 0) is 57.6 Å². The zero-order valence-electron chi connectivity index (χ0n) is 11.6. The predicted octanol–water partition coefficient (Wildman–Crippen LogP) is 5.13. The minimum Gasteiger partial charge on any atom is -0.508 e. The maximum absolute atomic E-state index is 10.2. The van der Waals surface area contributed by atoms with Crippen molar-refractivity contribution in [3.63, 3.8) is 0 Å². The second kappa shape index (κ2) is 4.27. The Bertz CT molecular complexity index is 769. The summed E-state index contributed by atoms with van der Waals surface area (Å²) in [6.07, 6.45) is 0. The summed E-state index contributed by atoms with van der Waals surface area (Å²) in [7, 11) is 0. The highest BCUT2D eigenvalue weighted by atomic mass is 16.3. The van der Waals surface area contributed by atoms with Crippen LogP contribution < -0.4 is 0 Å².